The second kappa shape index (κ2) is 15.3. The summed E-state index contributed by atoms with van der Waals surface area (Å²) in [5.41, 5.74) is 12.0. The van der Waals surface area contributed by atoms with Crippen molar-refractivity contribution in [2.75, 3.05) is 12.3 Å². The van der Waals surface area contributed by atoms with Crippen molar-refractivity contribution in [3.05, 3.63) is 18.2 Å². The molecule has 5 atom stereocenters. The maximum atomic E-state index is 12.9. The molecule has 0 bridgehead atoms. The number of carboxylic acid groups (broad SMARTS) is 1. The number of carbonyl (C=O) groups excluding carboxylic acids is 3. The summed E-state index contributed by atoms with van der Waals surface area (Å²) < 4.78 is 0. The number of carbonyl (C=O) groups is 4. The Bertz CT molecular complexity index is 792. The average Bonchev–Trinajstić information content (AvgIpc) is 3.33. The fourth-order valence-corrected chi connectivity index (χ4v) is 3.35. The zero-order valence-electron chi connectivity index (χ0n) is 19.6. The smallest absolute Gasteiger partial charge is 0.326 e. The molecular weight excluding hydrogens is 462 g/mol. The maximum Gasteiger partial charge on any atom is 0.326 e. The number of aromatic amines is 1. The first-order chi connectivity index (χ1) is 16.1. The largest absolute Gasteiger partial charge is 0.480 e. The van der Waals surface area contributed by atoms with E-state index in [9.17, 15) is 24.3 Å². The number of carboxylic acids is 1. The predicted molar refractivity (Wildman–Crippen MR) is 130 cm³/mol. The van der Waals surface area contributed by atoms with Crippen molar-refractivity contribution in [2.45, 2.75) is 70.1 Å². The molecule has 1 rings (SSSR count). The van der Waals surface area contributed by atoms with Crippen molar-refractivity contribution in [3.63, 3.8) is 0 Å². The average molecular weight is 500 g/mol. The van der Waals surface area contributed by atoms with E-state index in [1.807, 2.05) is 13.8 Å². The zero-order valence-corrected chi connectivity index (χ0v) is 20.5. The Labute approximate surface area is 204 Å². The summed E-state index contributed by atoms with van der Waals surface area (Å²) in [6.45, 7) is 4.19. The van der Waals surface area contributed by atoms with Gasteiger partial charge in [0.25, 0.3) is 0 Å². The van der Waals surface area contributed by atoms with Crippen LogP contribution >= 0.6 is 12.6 Å². The highest BCUT2D eigenvalue weighted by Crippen LogP contribution is 2.08. The van der Waals surface area contributed by atoms with Gasteiger partial charge in [-0.05, 0) is 31.7 Å². The number of aromatic nitrogens is 2. The van der Waals surface area contributed by atoms with Gasteiger partial charge >= 0.3 is 5.97 Å². The van der Waals surface area contributed by atoms with Crippen LogP contribution in [0.3, 0.4) is 0 Å². The second-order valence-electron chi connectivity index (χ2n) is 8.18. The van der Waals surface area contributed by atoms with E-state index in [0.717, 1.165) is 0 Å². The molecule has 12 nitrogen and oxygen atoms in total. The van der Waals surface area contributed by atoms with Gasteiger partial charge in [0.2, 0.25) is 17.7 Å². The van der Waals surface area contributed by atoms with Gasteiger partial charge in [-0.1, -0.05) is 20.3 Å². The third kappa shape index (κ3) is 9.69. The fourth-order valence-electron chi connectivity index (χ4n) is 3.10. The molecule has 192 valence electrons. The third-order valence-corrected chi connectivity index (χ3v) is 5.91. The molecule has 34 heavy (non-hydrogen) atoms. The molecule has 13 heteroatoms. The number of hydrogen-bond donors (Lipinski definition) is 8. The Kier molecular flexibility index (Phi) is 13.2. The molecule has 0 spiro atoms. The minimum Gasteiger partial charge on any atom is -0.480 e. The highest BCUT2D eigenvalue weighted by Gasteiger charge is 2.30. The maximum absolute atomic E-state index is 12.9. The van der Waals surface area contributed by atoms with Crippen LogP contribution in [-0.2, 0) is 25.6 Å². The van der Waals surface area contributed by atoms with Crippen LogP contribution in [0, 0.1) is 5.92 Å². The van der Waals surface area contributed by atoms with Crippen molar-refractivity contribution >= 4 is 36.3 Å². The van der Waals surface area contributed by atoms with Gasteiger partial charge in [-0.2, -0.15) is 12.6 Å². The van der Waals surface area contributed by atoms with Gasteiger partial charge in [0.05, 0.1) is 12.4 Å². The molecule has 0 fully saturated rings. The minimum atomic E-state index is -1.24. The summed E-state index contributed by atoms with van der Waals surface area (Å²) in [7, 11) is 0. The van der Waals surface area contributed by atoms with Gasteiger partial charge in [-0.15, -0.1) is 0 Å². The molecule has 9 N–H and O–H groups in total. The van der Waals surface area contributed by atoms with Crippen LogP contribution in [0.4, 0.5) is 0 Å². The lowest BCUT2D eigenvalue weighted by molar-refractivity contribution is -0.142. The minimum absolute atomic E-state index is 0.0143. The molecule has 1 heterocycles. The van der Waals surface area contributed by atoms with E-state index in [4.69, 9.17) is 11.5 Å². The highest BCUT2D eigenvalue weighted by molar-refractivity contribution is 7.80. The van der Waals surface area contributed by atoms with E-state index in [1.54, 1.807) is 0 Å². The molecule has 5 unspecified atom stereocenters. The highest BCUT2D eigenvalue weighted by atomic mass is 32.1. The second-order valence-corrected chi connectivity index (χ2v) is 8.55. The van der Waals surface area contributed by atoms with Crippen molar-refractivity contribution in [1.82, 2.24) is 25.9 Å². The Balaban J connectivity index is 2.85. The SMILES string of the molecule is CCC(C)C(N)C(=O)NC(CCCCN)C(=O)NC(CS)C(=O)NC(Cc1cnc[nH]1)C(=O)O. The van der Waals surface area contributed by atoms with Crippen LogP contribution in [0.2, 0.25) is 0 Å². The van der Waals surface area contributed by atoms with Gasteiger partial charge in [0.1, 0.15) is 18.1 Å². The normalized spacial score (nSPS) is 15.4. The lowest BCUT2D eigenvalue weighted by Crippen LogP contribution is -2.58. The molecule has 0 saturated heterocycles. The lowest BCUT2D eigenvalue weighted by Gasteiger charge is -2.25. The van der Waals surface area contributed by atoms with Crippen molar-refractivity contribution in [2.24, 2.45) is 17.4 Å². The number of nitrogens with one attached hydrogen (secondary N) is 4. The Morgan fingerprint density at radius 3 is 2.24 bits per heavy atom. The van der Waals surface area contributed by atoms with E-state index in [2.05, 4.69) is 38.5 Å². The molecule has 0 aliphatic carbocycles. The summed E-state index contributed by atoms with van der Waals surface area (Å²) in [6.07, 6.45) is 5.08. The van der Waals surface area contributed by atoms with Crippen LogP contribution in [-0.4, -0.2) is 75.2 Å². The molecule has 3 amide bonds. The number of thiol groups is 1. The van der Waals surface area contributed by atoms with Crippen LogP contribution in [0.25, 0.3) is 0 Å². The number of imidazole rings is 1. The van der Waals surface area contributed by atoms with Crippen molar-refractivity contribution < 1.29 is 24.3 Å². The van der Waals surface area contributed by atoms with Crippen LogP contribution < -0.4 is 27.4 Å². The number of unbranched alkanes of at least 4 members (excludes halogenated alkanes) is 1. The molecule has 1 aromatic heterocycles. The van der Waals surface area contributed by atoms with E-state index < -0.39 is 47.9 Å². The Morgan fingerprint density at radius 1 is 1.09 bits per heavy atom. The first-order valence-electron chi connectivity index (χ1n) is 11.3. The van der Waals surface area contributed by atoms with E-state index >= 15 is 0 Å². The van der Waals surface area contributed by atoms with Gasteiger partial charge in [0, 0.05) is 24.1 Å². The van der Waals surface area contributed by atoms with E-state index in [1.165, 1.54) is 12.5 Å². The molecule has 0 aliphatic rings. The standard InChI is InChI=1S/C21H37N7O5S/c1-3-12(2)17(23)20(31)26-14(6-4-5-7-22)18(29)28-16(10-34)19(30)27-15(21(32)33)8-13-9-24-11-25-13/h9,11-12,14-17,34H,3-8,10,22-23H2,1-2H3,(H,24,25)(H,26,31)(H,27,30)(H,28,29)(H,32,33). The van der Waals surface area contributed by atoms with Crippen molar-refractivity contribution in [3.8, 4) is 0 Å². The number of rotatable bonds is 16. The fraction of sp³-hybridized carbons (Fsp3) is 0.667. The third-order valence-electron chi connectivity index (χ3n) is 5.55. The molecule has 0 saturated carbocycles. The number of H-pyrrole nitrogens is 1. The molecule has 0 aromatic carbocycles. The van der Waals surface area contributed by atoms with Crippen LogP contribution in [0.1, 0.15) is 45.2 Å². The van der Waals surface area contributed by atoms with E-state index in [-0.39, 0.29) is 18.1 Å². The Hall–Kier alpha value is -2.64. The summed E-state index contributed by atoms with van der Waals surface area (Å²) in [5, 5.41) is 17.1. The molecular formula is C21H37N7O5S. The molecule has 1 aromatic rings. The number of hydrogen-bond acceptors (Lipinski definition) is 8. The molecule has 0 radical (unpaired) electrons. The van der Waals surface area contributed by atoms with Gasteiger partial charge in [-0.25, -0.2) is 9.78 Å². The quantitative estimate of drug-likeness (QED) is 0.103. The monoisotopic (exact) mass is 499 g/mol. The number of nitrogens with zero attached hydrogens (tertiary/aromatic N) is 1. The number of aliphatic carboxylic acids is 1. The van der Waals surface area contributed by atoms with Crippen LogP contribution in [0.5, 0.6) is 0 Å². The van der Waals surface area contributed by atoms with E-state index in [0.29, 0.717) is 37.9 Å². The number of nitrogens with two attached hydrogens (primary N) is 2. The van der Waals surface area contributed by atoms with Gasteiger partial charge < -0.3 is 37.5 Å². The summed E-state index contributed by atoms with van der Waals surface area (Å²) >= 11 is 4.13. The summed E-state index contributed by atoms with van der Waals surface area (Å²) in [6, 6.07) is -4.06. The lowest BCUT2D eigenvalue weighted by atomic mass is 9.98. The van der Waals surface area contributed by atoms with Gasteiger partial charge in [0.15, 0.2) is 0 Å². The zero-order chi connectivity index (χ0) is 25.7. The predicted octanol–water partition coefficient (Wildman–Crippen LogP) is -1.08. The number of amides is 3. The van der Waals surface area contributed by atoms with Crippen molar-refractivity contribution in [1.29, 1.82) is 0 Å². The van der Waals surface area contributed by atoms with Gasteiger partial charge in [-0.3, -0.25) is 14.4 Å². The topological polar surface area (TPSA) is 205 Å². The summed E-state index contributed by atoms with van der Waals surface area (Å²) in [5.74, 6) is -3.15. The Morgan fingerprint density at radius 2 is 1.71 bits per heavy atom. The summed E-state index contributed by atoms with van der Waals surface area (Å²) in [4.78, 5) is 56.4. The first-order valence-corrected chi connectivity index (χ1v) is 11.9. The van der Waals surface area contributed by atoms with Crippen LogP contribution in [0.15, 0.2) is 12.5 Å². The molecule has 0 aliphatic heterocycles. The first kappa shape index (κ1) is 29.4.